The predicted octanol–water partition coefficient (Wildman–Crippen LogP) is 3.18. The van der Waals surface area contributed by atoms with E-state index in [9.17, 15) is 14.4 Å². The summed E-state index contributed by atoms with van der Waals surface area (Å²) in [6.45, 7) is 8.56. The lowest BCUT2D eigenvalue weighted by molar-refractivity contribution is -0.117. The van der Waals surface area contributed by atoms with Gasteiger partial charge in [0.1, 0.15) is 15.6 Å². The van der Waals surface area contributed by atoms with Gasteiger partial charge in [-0.25, -0.2) is 9.59 Å². The highest BCUT2D eigenvalue weighted by molar-refractivity contribution is 7.18. The molecule has 9 nitrogen and oxygen atoms in total. The normalized spacial score (nSPS) is 13.9. The fraction of sp³-hybridized carbons (Fsp3) is 0.458. The number of anilines is 2. The molecule has 0 radical (unpaired) electrons. The molecule has 1 aromatic heterocycles. The Bertz CT molecular complexity index is 1030. The van der Waals surface area contributed by atoms with Crippen LogP contribution >= 0.6 is 11.3 Å². The molecule has 1 fully saturated rings. The Morgan fingerprint density at radius 3 is 2.29 bits per heavy atom. The number of piperazine rings is 1. The smallest absolute Gasteiger partial charge is 0.348 e. The van der Waals surface area contributed by atoms with Gasteiger partial charge in [-0.15, -0.1) is 11.3 Å². The van der Waals surface area contributed by atoms with Crippen LogP contribution in [0.3, 0.4) is 0 Å². The van der Waals surface area contributed by atoms with Crippen LogP contribution in [-0.2, 0) is 14.3 Å². The van der Waals surface area contributed by atoms with Crippen molar-refractivity contribution in [1.29, 1.82) is 0 Å². The Morgan fingerprint density at radius 2 is 1.65 bits per heavy atom. The topological polar surface area (TPSA) is 97.4 Å². The van der Waals surface area contributed by atoms with Gasteiger partial charge < -0.3 is 24.4 Å². The number of ether oxygens (including phenoxy) is 3. The van der Waals surface area contributed by atoms with Crippen LogP contribution in [0.25, 0.3) is 0 Å². The lowest BCUT2D eigenvalue weighted by Gasteiger charge is -2.36. The molecule has 34 heavy (non-hydrogen) atoms. The molecule has 0 bridgehead atoms. The molecule has 0 spiro atoms. The van der Waals surface area contributed by atoms with Gasteiger partial charge in [-0.3, -0.25) is 9.69 Å². The second kappa shape index (κ2) is 11.8. The van der Waals surface area contributed by atoms with Crippen molar-refractivity contribution in [1.82, 2.24) is 4.90 Å². The number of carbonyl (C=O) groups excluding carboxylic acids is 3. The Morgan fingerprint density at radius 1 is 1.00 bits per heavy atom. The van der Waals surface area contributed by atoms with Crippen molar-refractivity contribution in [3.63, 3.8) is 0 Å². The van der Waals surface area contributed by atoms with Gasteiger partial charge in [-0.1, -0.05) is 12.1 Å². The van der Waals surface area contributed by atoms with Crippen LogP contribution in [0, 0.1) is 6.92 Å². The first kappa shape index (κ1) is 25.5. The van der Waals surface area contributed by atoms with Crippen LogP contribution in [-0.4, -0.2) is 75.8 Å². The number of hydrogen-bond acceptors (Lipinski definition) is 9. The van der Waals surface area contributed by atoms with Crippen molar-refractivity contribution in [2.45, 2.75) is 20.8 Å². The molecule has 0 atom stereocenters. The van der Waals surface area contributed by atoms with Crippen LogP contribution in [0.2, 0.25) is 0 Å². The summed E-state index contributed by atoms with van der Waals surface area (Å²) in [4.78, 5) is 42.2. The molecule has 184 valence electrons. The van der Waals surface area contributed by atoms with Gasteiger partial charge in [-0.05, 0) is 38.5 Å². The van der Waals surface area contributed by atoms with Gasteiger partial charge in [0.2, 0.25) is 5.91 Å². The number of methoxy groups -OCH3 is 1. The monoisotopic (exact) mass is 489 g/mol. The average molecular weight is 490 g/mol. The molecule has 3 rings (SSSR count). The van der Waals surface area contributed by atoms with Crippen LogP contribution in [0.5, 0.6) is 5.75 Å². The van der Waals surface area contributed by atoms with Crippen molar-refractivity contribution in [2.24, 2.45) is 0 Å². The van der Waals surface area contributed by atoms with E-state index in [0.29, 0.717) is 23.7 Å². The van der Waals surface area contributed by atoms with E-state index in [4.69, 9.17) is 14.2 Å². The Kier molecular flexibility index (Phi) is 8.89. The van der Waals surface area contributed by atoms with Gasteiger partial charge in [0, 0.05) is 26.2 Å². The van der Waals surface area contributed by atoms with Gasteiger partial charge in [0.05, 0.1) is 38.1 Å². The fourth-order valence-corrected chi connectivity index (χ4v) is 4.95. The largest absolute Gasteiger partial charge is 0.495 e. The number of carbonyl (C=O) groups is 3. The first-order valence-electron chi connectivity index (χ1n) is 11.3. The van der Waals surface area contributed by atoms with Crippen LogP contribution in [0.4, 0.5) is 10.7 Å². The van der Waals surface area contributed by atoms with E-state index in [1.54, 1.807) is 27.9 Å². The summed E-state index contributed by atoms with van der Waals surface area (Å²) in [5, 5.41) is 3.11. The van der Waals surface area contributed by atoms with Crippen molar-refractivity contribution >= 4 is 39.9 Å². The average Bonchev–Trinajstić information content (AvgIpc) is 3.15. The van der Waals surface area contributed by atoms with E-state index in [-0.39, 0.29) is 36.1 Å². The number of esters is 2. The minimum Gasteiger partial charge on any atom is -0.495 e. The van der Waals surface area contributed by atoms with E-state index in [2.05, 4.69) is 15.1 Å². The zero-order valence-electron chi connectivity index (χ0n) is 20.0. The van der Waals surface area contributed by atoms with E-state index < -0.39 is 11.9 Å². The third kappa shape index (κ3) is 5.87. The number of para-hydroxylation sites is 2. The maximum Gasteiger partial charge on any atom is 0.348 e. The van der Waals surface area contributed by atoms with Gasteiger partial charge in [-0.2, -0.15) is 0 Å². The molecule has 0 saturated carbocycles. The highest BCUT2D eigenvalue weighted by Gasteiger charge is 2.28. The molecule has 2 aromatic rings. The highest BCUT2D eigenvalue weighted by atomic mass is 32.1. The number of nitrogens with zero attached hydrogens (tertiary/aromatic N) is 2. The summed E-state index contributed by atoms with van der Waals surface area (Å²) in [5.41, 5.74) is 1.68. The Hall–Kier alpha value is -3.11. The first-order chi connectivity index (χ1) is 16.4. The number of thiophene rings is 1. The zero-order valence-corrected chi connectivity index (χ0v) is 20.8. The fourth-order valence-electron chi connectivity index (χ4n) is 3.85. The first-order valence-corrected chi connectivity index (χ1v) is 12.1. The molecule has 2 heterocycles. The van der Waals surface area contributed by atoms with E-state index >= 15 is 0 Å². The molecule has 1 saturated heterocycles. The minimum atomic E-state index is -0.576. The maximum absolute atomic E-state index is 12.8. The number of amides is 1. The van der Waals surface area contributed by atoms with E-state index in [1.807, 2.05) is 24.3 Å². The van der Waals surface area contributed by atoms with Gasteiger partial charge >= 0.3 is 11.9 Å². The van der Waals surface area contributed by atoms with Crippen LogP contribution in [0.1, 0.15) is 39.4 Å². The molecular formula is C24H31N3O6S. The Labute approximate surface area is 203 Å². The number of benzene rings is 1. The third-order valence-electron chi connectivity index (χ3n) is 5.51. The quantitative estimate of drug-likeness (QED) is 0.537. The van der Waals surface area contributed by atoms with Gasteiger partial charge in [0.25, 0.3) is 0 Å². The minimum absolute atomic E-state index is 0.174. The number of rotatable bonds is 9. The summed E-state index contributed by atoms with van der Waals surface area (Å²) in [7, 11) is 1.66. The SMILES string of the molecule is CCOC(=O)c1sc(NC(=O)CN2CCN(c3ccccc3OC)CC2)c(C(=O)OCC)c1C. The van der Waals surface area contributed by atoms with E-state index in [1.165, 1.54) is 0 Å². The molecule has 0 unspecified atom stereocenters. The standard InChI is InChI=1S/C24H31N3O6S/c1-5-32-23(29)20-16(3)21(24(30)33-6-2)34-22(20)25-19(28)15-26-11-13-27(14-12-26)17-9-7-8-10-18(17)31-4/h7-10H,5-6,11-15H2,1-4H3,(H,25,28). The van der Waals surface area contributed by atoms with Crippen molar-refractivity contribution < 1.29 is 28.6 Å². The van der Waals surface area contributed by atoms with Gasteiger partial charge in [0.15, 0.2) is 0 Å². The predicted molar refractivity (Wildman–Crippen MR) is 131 cm³/mol. The second-order valence-corrected chi connectivity index (χ2v) is 8.71. The lowest BCUT2D eigenvalue weighted by Crippen LogP contribution is -2.48. The Balaban J connectivity index is 1.66. The molecule has 1 N–H and O–H groups in total. The van der Waals surface area contributed by atoms with Crippen molar-refractivity contribution in [3.8, 4) is 5.75 Å². The van der Waals surface area contributed by atoms with Crippen LogP contribution < -0.4 is 15.0 Å². The molecule has 1 amide bonds. The second-order valence-electron chi connectivity index (χ2n) is 7.68. The molecule has 1 aromatic carbocycles. The zero-order chi connectivity index (χ0) is 24.7. The summed E-state index contributed by atoms with van der Waals surface area (Å²) in [6, 6.07) is 7.88. The summed E-state index contributed by atoms with van der Waals surface area (Å²) < 4.78 is 15.7. The molecule has 0 aliphatic carbocycles. The van der Waals surface area contributed by atoms with Crippen LogP contribution in [0.15, 0.2) is 24.3 Å². The highest BCUT2D eigenvalue weighted by Crippen LogP contribution is 2.34. The summed E-state index contributed by atoms with van der Waals surface area (Å²) >= 11 is 1.03. The molecule has 1 aliphatic heterocycles. The maximum atomic E-state index is 12.8. The molecule has 10 heteroatoms. The number of hydrogen-bond donors (Lipinski definition) is 1. The molecular weight excluding hydrogens is 458 g/mol. The molecule has 1 aliphatic rings. The van der Waals surface area contributed by atoms with Crippen molar-refractivity contribution in [2.75, 3.05) is 63.3 Å². The van der Waals surface area contributed by atoms with Crippen molar-refractivity contribution in [3.05, 3.63) is 40.3 Å². The summed E-state index contributed by atoms with van der Waals surface area (Å²) in [5.74, 6) is -0.533. The summed E-state index contributed by atoms with van der Waals surface area (Å²) in [6.07, 6.45) is 0. The number of nitrogens with one attached hydrogen (secondary N) is 1. The van der Waals surface area contributed by atoms with E-state index in [0.717, 1.165) is 35.9 Å². The third-order valence-corrected chi connectivity index (χ3v) is 6.69. The lowest BCUT2D eigenvalue weighted by atomic mass is 10.1.